The van der Waals surface area contributed by atoms with Gasteiger partial charge >= 0.3 is 5.97 Å². The molecule has 1 heterocycles. The Labute approximate surface area is 400 Å². The van der Waals surface area contributed by atoms with E-state index in [4.69, 9.17) is 10.1 Å². The average Bonchev–Trinajstić information content (AvgIpc) is 3.43. The Morgan fingerprint density at radius 3 is 2.09 bits per heavy atom. The number of allylic oxidation sites excluding steroid dienone is 6. The van der Waals surface area contributed by atoms with Gasteiger partial charge in [0.25, 0.3) is 40.5 Å². The van der Waals surface area contributed by atoms with E-state index < -0.39 is 89.9 Å². The first kappa shape index (κ1) is 54.4. The van der Waals surface area contributed by atoms with Crippen molar-refractivity contribution in [1.82, 2.24) is 4.31 Å². The van der Waals surface area contributed by atoms with Crippen molar-refractivity contribution >= 4 is 90.7 Å². The number of nitrogens with zero attached hydrogens (tertiary/aromatic N) is 3. The summed E-state index contributed by atoms with van der Waals surface area (Å²) in [6.07, 6.45) is 8.66. The largest absolute Gasteiger partial charge is 0.593 e. The van der Waals surface area contributed by atoms with Crippen LogP contribution in [0.4, 0.5) is 5.69 Å². The van der Waals surface area contributed by atoms with Crippen molar-refractivity contribution < 1.29 is 66.3 Å². The third-order valence-electron chi connectivity index (χ3n) is 11.7. The molecule has 0 bridgehead atoms. The molecule has 0 radical (unpaired) electrons. The first-order valence-corrected chi connectivity index (χ1v) is 28.3. The highest BCUT2D eigenvalue weighted by molar-refractivity contribution is 7.89. The van der Waals surface area contributed by atoms with E-state index in [9.17, 15) is 61.2 Å². The molecule has 5 N–H and O–H groups in total. The lowest BCUT2D eigenvalue weighted by Crippen LogP contribution is -2.30. The summed E-state index contributed by atoms with van der Waals surface area (Å²) in [5.74, 6) is -2.07. The molecule has 370 valence electrons. The number of aliphatic imine (C=N–C) groups is 1. The minimum Gasteiger partial charge on any atom is -0.593 e. The van der Waals surface area contributed by atoms with Crippen LogP contribution in [-0.4, -0.2) is 116 Å². The van der Waals surface area contributed by atoms with Gasteiger partial charge in [-0.15, -0.1) is 4.31 Å². The molecular weight excluding hydrogens is 983 g/mol. The van der Waals surface area contributed by atoms with Crippen molar-refractivity contribution in [2.24, 2.45) is 4.99 Å². The molecule has 0 aliphatic carbocycles. The van der Waals surface area contributed by atoms with Gasteiger partial charge in [-0.25, -0.2) is 0 Å². The second kappa shape index (κ2) is 20.8. The van der Waals surface area contributed by atoms with Crippen molar-refractivity contribution in [3.63, 3.8) is 0 Å². The molecule has 0 saturated carbocycles. The first-order chi connectivity index (χ1) is 31.4. The van der Waals surface area contributed by atoms with Crippen LogP contribution in [0.1, 0.15) is 70.1 Å². The Morgan fingerprint density at radius 2 is 1.47 bits per heavy atom. The monoisotopic (exact) mass is 1040 g/mol. The van der Waals surface area contributed by atoms with Crippen molar-refractivity contribution in [2.75, 3.05) is 43.1 Å². The molecule has 23 heteroatoms. The highest BCUT2D eigenvalue weighted by Crippen LogP contribution is 2.52. The second-order valence-electron chi connectivity index (χ2n) is 17.4. The quantitative estimate of drug-likeness (QED) is 0.0191. The van der Waals surface area contributed by atoms with E-state index in [1.807, 2.05) is 39.0 Å². The fourth-order valence-corrected chi connectivity index (χ4v) is 12.2. The summed E-state index contributed by atoms with van der Waals surface area (Å²) in [7, 11) is -17.0. The van der Waals surface area contributed by atoms with Crippen LogP contribution in [0, 0.1) is 6.92 Å². The molecule has 1 aliphatic heterocycles. The van der Waals surface area contributed by atoms with E-state index in [1.54, 1.807) is 78.7 Å². The van der Waals surface area contributed by atoms with Gasteiger partial charge in [-0.2, -0.15) is 33.7 Å². The normalized spacial score (nSPS) is 16.3. The zero-order valence-corrected chi connectivity index (χ0v) is 42.2. The molecule has 0 aromatic heterocycles. The number of carbonyl (C=O) groups is 1. The van der Waals surface area contributed by atoms with Crippen LogP contribution in [-0.2, 0) is 67.5 Å². The maximum Gasteiger partial charge on any atom is 0.303 e. The van der Waals surface area contributed by atoms with Crippen molar-refractivity contribution in [2.45, 2.75) is 85.8 Å². The molecule has 4 aromatic carbocycles. The van der Waals surface area contributed by atoms with Crippen LogP contribution in [0.5, 0.6) is 0 Å². The van der Waals surface area contributed by atoms with Crippen LogP contribution >= 0.6 is 0 Å². The molecule has 1 atom stereocenters. The predicted molar refractivity (Wildman–Crippen MR) is 262 cm³/mol. The highest BCUT2D eigenvalue weighted by atomic mass is 32.2. The summed E-state index contributed by atoms with van der Waals surface area (Å²) in [4.78, 5) is 16.6. The van der Waals surface area contributed by atoms with E-state index in [0.717, 1.165) is 22.6 Å². The van der Waals surface area contributed by atoms with E-state index in [1.165, 1.54) is 6.07 Å². The van der Waals surface area contributed by atoms with Gasteiger partial charge in [-0.1, -0.05) is 70.2 Å². The van der Waals surface area contributed by atoms with Gasteiger partial charge in [-0.05, 0) is 96.1 Å². The number of benzene rings is 4. The standard InChI is InChI=1S/C45H55N3O15S5/c1-30-19-20-32-34(14-10-15-37(32)64(51)47(6)24-11-18-41(49)50)42(30)44(2,3)39(46-23-12-26-65(52,53)54)16-8-7-9-17-40-45(4,5)43-35-28-31(67(58,59)60)29-38(68(61,62)63)33(35)21-22-36(43)48(40)25-13-27-66(55,56)57/h7-10,14-17,19-22,28-29H,11-13,18,23-27H2,1-6H3,(H,49,50)(H,52,53,54)(H,55,56,57)(H,58,59,60)(H,61,62,63)/b9-7+,16-8+,40-17+,46-39+. The Hall–Kier alpha value is -4.53. The van der Waals surface area contributed by atoms with Gasteiger partial charge in [0.1, 0.15) is 4.90 Å². The van der Waals surface area contributed by atoms with Gasteiger partial charge in [0.05, 0.1) is 27.8 Å². The summed E-state index contributed by atoms with van der Waals surface area (Å²) in [6.45, 7) is 9.64. The minimum absolute atomic E-state index is 0.00918. The first-order valence-electron chi connectivity index (χ1n) is 21.1. The number of rotatable bonds is 21. The van der Waals surface area contributed by atoms with Gasteiger partial charge in [0.2, 0.25) is 0 Å². The number of aryl methyl sites for hydroxylation is 1. The molecule has 5 rings (SSSR count). The predicted octanol–water partition coefficient (Wildman–Crippen LogP) is 6.68. The summed E-state index contributed by atoms with van der Waals surface area (Å²) in [5, 5.41) is 10.6. The average molecular weight is 1040 g/mol. The van der Waals surface area contributed by atoms with Gasteiger partial charge < -0.3 is 14.6 Å². The summed E-state index contributed by atoms with van der Waals surface area (Å²) < 4.78 is 151. The number of fused-ring (bicyclic) bond motifs is 4. The van der Waals surface area contributed by atoms with Gasteiger partial charge in [0.15, 0.2) is 4.90 Å². The molecule has 18 nitrogen and oxygen atoms in total. The lowest BCUT2D eigenvalue weighted by Gasteiger charge is -2.30. The zero-order chi connectivity index (χ0) is 50.8. The smallest absolute Gasteiger partial charge is 0.303 e. The SMILES string of the molecule is Cc1ccc2c([S+]([O-])N(C)CCCC(=O)O)cccc2c1C(C)(C)C(/C=C/C=C/C=C1/N(CCCS(=O)(=O)O)c2ccc3c(S(=O)(=O)O)cc(S(=O)(=O)O)cc3c2C1(C)C)=N/CCCS(=O)(=O)O. The number of aliphatic carboxylic acids is 1. The molecule has 1 unspecified atom stereocenters. The molecule has 4 aromatic rings. The Kier molecular flexibility index (Phi) is 16.7. The molecular formula is C45H55N3O15S5. The van der Waals surface area contributed by atoms with E-state index in [-0.39, 0.29) is 49.7 Å². The fourth-order valence-electron chi connectivity index (χ4n) is 8.66. The number of hydrogen-bond acceptors (Lipinski definition) is 13. The summed E-state index contributed by atoms with van der Waals surface area (Å²) in [6, 6.07) is 13.9. The maximum atomic E-state index is 13.8. The van der Waals surface area contributed by atoms with Crippen LogP contribution in [0.25, 0.3) is 21.5 Å². The lowest BCUT2D eigenvalue weighted by molar-refractivity contribution is -0.137. The Balaban J connectivity index is 1.60. The molecule has 0 amide bonds. The molecule has 68 heavy (non-hydrogen) atoms. The number of carboxylic acids is 1. The zero-order valence-electron chi connectivity index (χ0n) is 38.1. The van der Waals surface area contributed by atoms with Gasteiger partial charge in [-0.3, -0.25) is 28.0 Å². The van der Waals surface area contributed by atoms with Crippen LogP contribution in [0.2, 0.25) is 0 Å². The van der Waals surface area contributed by atoms with Gasteiger partial charge in [0, 0.05) is 71.8 Å². The molecule has 1 aliphatic rings. The minimum atomic E-state index is -5.02. The topological polar surface area (TPSA) is 297 Å². The number of hydrogen-bond donors (Lipinski definition) is 5. The second-order valence-corrected chi connectivity index (χ2v) is 24.9. The summed E-state index contributed by atoms with van der Waals surface area (Å²) >= 11 is -1.65. The maximum absolute atomic E-state index is 13.8. The third-order valence-corrected chi connectivity index (χ3v) is 16.5. The van der Waals surface area contributed by atoms with E-state index in [2.05, 4.69) is 0 Å². The molecule has 0 spiro atoms. The van der Waals surface area contributed by atoms with Crippen molar-refractivity contribution in [3.05, 3.63) is 107 Å². The lowest BCUT2D eigenvalue weighted by atomic mass is 9.75. The van der Waals surface area contributed by atoms with Crippen LogP contribution < -0.4 is 4.90 Å². The number of anilines is 1. The van der Waals surface area contributed by atoms with E-state index >= 15 is 0 Å². The van der Waals surface area contributed by atoms with Crippen LogP contribution in [0.15, 0.2) is 110 Å². The highest BCUT2D eigenvalue weighted by Gasteiger charge is 2.42. The Bertz CT molecular complexity index is 3200. The fraction of sp³-hybridized carbons (Fsp3) is 0.378. The summed E-state index contributed by atoms with van der Waals surface area (Å²) in [5.41, 5.74) is 1.63. The van der Waals surface area contributed by atoms with E-state index in [0.29, 0.717) is 45.4 Å². The molecule has 0 fully saturated rings. The Morgan fingerprint density at radius 1 is 0.824 bits per heavy atom. The van der Waals surface area contributed by atoms with Crippen molar-refractivity contribution in [3.8, 4) is 0 Å². The number of carboxylic acid groups (broad SMARTS) is 1. The van der Waals surface area contributed by atoms with Crippen LogP contribution in [0.3, 0.4) is 0 Å². The van der Waals surface area contributed by atoms with Crippen molar-refractivity contribution in [1.29, 1.82) is 0 Å². The third kappa shape index (κ3) is 12.8. The molecule has 0 saturated heterocycles.